The van der Waals surface area contributed by atoms with E-state index < -0.39 is 0 Å². The first kappa shape index (κ1) is 10.4. The number of ether oxygens (including phenoxy) is 1. The molecule has 14 heavy (non-hydrogen) atoms. The molecule has 0 amide bonds. The van der Waals surface area contributed by atoms with Crippen molar-refractivity contribution in [2.45, 2.75) is 50.2 Å². The highest BCUT2D eigenvalue weighted by atomic mass is 16.5. The summed E-state index contributed by atoms with van der Waals surface area (Å²) >= 11 is 0. The average Bonchev–Trinajstić information content (AvgIpc) is 2.16. The van der Waals surface area contributed by atoms with Crippen molar-refractivity contribution in [1.82, 2.24) is 0 Å². The first-order valence-corrected chi connectivity index (χ1v) is 5.78. The number of aliphatic hydroxyl groups excluding tert-OH is 1. The molecule has 1 spiro atoms. The molecular formula is C11H21NO2. The molecule has 0 bridgehead atoms. The molecule has 2 rings (SSSR count). The molecule has 1 aliphatic carbocycles. The number of rotatable bonds is 3. The van der Waals surface area contributed by atoms with Gasteiger partial charge >= 0.3 is 0 Å². The fourth-order valence-corrected chi connectivity index (χ4v) is 2.72. The third-order valence-corrected chi connectivity index (χ3v) is 3.80. The minimum atomic E-state index is -0.207. The Kier molecular flexibility index (Phi) is 3.10. The first-order valence-electron chi connectivity index (χ1n) is 5.78. The molecular weight excluding hydrogens is 178 g/mol. The van der Waals surface area contributed by atoms with Crippen LogP contribution in [-0.4, -0.2) is 30.0 Å². The van der Waals surface area contributed by atoms with E-state index in [-0.39, 0.29) is 11.7 Å². The maximum absolute atomic E-state index is 9.89. The highest BCUT2D eigenvalue weighted by Crippen LogP contribution is 2.45. The smallest absolute Gasteiger partial charge is 0.0686 e. The predicted octanol–water partition coefficient (Wildman–Crippen LogP) is 1.05. The lowest BCUT2D eigenvalue weighted by molar-refractivity contribution is -0.157. The number of aliphatic hydroxyl groups is 1. The molecule has 2 aliphatic rings. The minimum absolute atomic E-state index is 0.151. The number of hydrogen-bond donors (Lipinski definition) is 2. The molecule has 82 valence electrons. The second-order valence-corrected chi connectivity index (χ2v) is 4.78. The maximum Gasteiger partial charge on any atom is 0.0686 e. The van der Waals surface area contributed by atoms with Crippen molar-refractivity contribution in [1.29, 1.82) is 0 Å². The molecule has 1 saturated carbocycles. The van der Waals surface area contributed by atoms with E-state index in [1.54, 1.807) is 0 Å². The molecule has 1 heterocycles. The van der Waals surface area contributed by atoms with Gasteiger partial charge in [0, 0.05) is 6.61 Å². The fraction of sp³-hybridized carbons (Fsp3) is 1.00. The molecule has 3 heteroatoms. The summed E-state index contributed by atoms with van der Waals surface area (Å²) in [5.74, 6) is 0.424. The zero-order chi connectivity index (χ0) is 10.0. The molecule has 3 nitrogen and oxygen atoms in total. The second kappa shape index (κ2) is 4.17. The molecule has 0 aromatic carbocycles. The van der Waals surface area contributed by atoms with Crippen molar-refractivity contribution < 1.29 is 9.84 Å². The molecule has 0 aromatic rings. The van der Waals surface area contributed by atoms with Crippen LogP contribution in [0.15, 0.2) is 0 Å². The van der Waals surface area contributed by atoms with E-state index in [2.05, 4.69) is 0 Å². The lowest BCUT2D eigenvalue weighted by Crippen LogP contribution is -2.47. The third kappa shape index (κ3) is 1.95. The summed E-state index contributed by atoms with van der Waals surface area (Å²) in [5, 5.41) is 9.89. The maximum atomic E-state index is 9.89. The molecule has 2 unspecified atom stereocenters. The zero-order valence-corrected chi connectivity index (χ0v) is 8.74. The van der Waals surface area contributed by atoms with Gasteiger partial charge in [-0.15, -0.1) is 0 Å². The van der Waals surface area contributed by atoms with Crippen molar-refractivity contribution >= 4 is 0 Å². The summed E-state index contributed by atoms with van der Waals surface area (Å²) < 4.78 is 5.82. The van der Waals surface area contributed by atoms with Crippen LogP contribution in [0.5, 0.6) is 0 Å². The van der Waals surface area contributed by atoms with Crippen LogP contribution in [0.25, 0.3) is 0 Å². The van der Waals surface area contributed by atoms with Crippen LogP contribution in [0.4, 0.5) is 0 Å². The summed E-state index contributed by atoms with van der Waals surface area (Å²) in [6, 6.07) is 0. The third-order valence-electron chi connectivity index (χ3n) is 3.80. The van der Waals surface area contributed by atoms with Gasteiger partial charge in [0.1, 0.15) is 0 Å². The van der Waals surface area contributed by atoms with E-state index >= 15 is 0 Å². The normalized spacial score (nSPS) is 32.6. The SMILES string of the molecule is NCCC(O)C1CCOC2(CCC2)C1. The van der Waals surface area contributed by atoms with Gasteiger partial charge in [0.2, 0.25) is 0 Å². The summed E-state index contributed by atoms with van der Waals surface area (Å²) in [5.41, 5.74) is 5.61. The van der Waals surface area contributed by atoms with Crippen LogP contribution >= 0.6 is 0 Å². The van der Waals surface area contributed by atoms with Crippen LogP contribution in [0, 0.1) is 5.92 Å². The molecule has 2 fully saturated rings. The van der Waals surface area contributed by atoms with Crippen molar-refractivity contribution in [3.8, 4) is 0 Å². The molecule has 3 N–H and O–H groups in total. The Morgan fingerprint density at radius 3 is 2.86 bits per heavy atom. The molecule has 1 saturated heterocycles. The first-order chi connectivity index (χ1) is 6.76. The Morgan fingerprint density at radius 1 is 1.50 bits per heavy atom. The van der Waals surface area contributed by atoms with Gasteiger partial charge in [-0.1, -0.05) is 0 Å². The highest BCUT2D eigenvalue weighted by molar-refractivity contribution is 4.95. The molecule has 1 aliphatic heterocycles. The Labute approximate surface area is 85.6 Å². The van der Waals surface area contributed by atoms with E-state index in [9.17, 15) is 5.11 Å². The predicted molar refractivity (Wildman–Crippen MR) is 54.9 cm³/mol. The Balaban J connectivity index is 1.87. The number of hydrogen-bond acceptors (Lipinski definition) is 3. The van der Waals surface area contributed by atoms with Crippen molar-refractivity contribution in [2.24, 2.45) is 11.7 Å². The van der Waals surface area contributed by atoms with Gasteiger partial charge in [0.15, 0.2) is 0 Å². The van der Waals surface area contributed by atoms with Crippen molar-refractivity contribution in [3.05, 3.63) is 0 Å². The van der Waals surface area contributed by atoms with E-state index in [1.165, 1.54) is 19.3 Å². The van der Waals surface area contributed by atoms with Gasteiger partial charge in [-0.25, -0.2) is 0 Å². The summed E-state index contributed by atoms with van der Waals surface area (Å²) in [4.78, 5) is 0. The van der Waals surface area contributed by atoms with Gasteiger partial charge in [-0.05, 0) is 51.0 Å². The van der Waals surface area contributed by atoms with Crippen LogP contribution in [-0.2, 0) is 4.74 Å². The van der Waals surface area contributed by atoms with Crippen LogP contribution in [0.2, 0.25) is 0 Å². The lowest BCUT2D eigenvalue weighted by atomic mass is 9.70. The summed E-state index contributed by atoms with van der Waals surface area (Å²) in [6.07, 6.45) is 6.26. The largest absolute Gasteiger partial charge is 0.393 e. The standard InChI is InChI=1S/C11H21NO2/c12-6-2-10(13)9-3-7-14-11(8-9)4-1-5-11/h9-10,13H,1-8,12H2. The quantitative estimate of drug-likeness (QED) is 0.714. The van der Waals surface area contributed by atoms with E-state index in [1.807, 2.05) is 0 Å². The zero-order valence-electron chi connectivity index (χ0n) is 8.74. The van der Waals surface area contributed by atoms with Gasteiger partial charge in [-0.2, -0.15) is 0 Å². The monoisotopic (exact) mass is 199 g/mol. The average molecular weight is 199 g/mol. The lowest BCUT2D eigenvalue weighted by Gasteiger charge is -2.48. The second-order valence-electron chi connectivity index (χ2n) is 4.78. The topological polar surface area (TPSA) is 55.5 Å². The Morgan fingerprint density at radius 2 is 2.29 bits per heavy atom. The van der Waals surface area contributed by atoms with Crippen LogP contribution < -0.4 is 5.73 Å². The fourth-order valence-electron chi connectivity index (χ4n) is 2.72. The molecule has 0 radical (unpaired) electrons. The van der Waals surface area contributed by atoms with Crippen molar-refractivity contribution in [2.75, 3.05) is 13.2 Å². The Bertz CT molecular complexity index is 192. The van der Waals surface area contributed by atoms with Gasteiger partial charge < -0.3 is 15.6 Å². The van der Waals surface area contributed by atoms with Gasteiger partial charge in [-0.3, -0.25) is 0 Å². The summed E-state index contributed by atoms with van der Waals surface area (Å²) in [6.45, 7) is 1.41. The Hall–Kier alpha value is -0.120. The number of nitrogens with two attached hydrogens (primary N) is 1. The van der Waals surface area contributed by atoms with Crippen LogP contribution in [0.1, 0.15) is 38.5 Å². The van der Waals surface area contributed by atoms with E-state index in [0.717, 1.165) is 25.9 Å². The van der Waals surface area contributed by atoms with Gasteiger partial charge in [0.25, 0.3) is 0 Å². The molecule has 0 aromatic heterocycles. The molecule has 2 atom stereocenters. The van der Waals surface area contributed by atoms with Gasteiger partial charge in [0.05, 0.1) is 11.7 Å². The van der Waals surface area contributed by atoms with E-state index in [0.29, 0.717) is 12.5 Å². The minimum Gasteiger partial charge on any atom is -0.393 e. The summed E-state index contributed by atoms with van der Waals surface area (Å²) in [7, 11) is 0. The highest BCUT2D eigenvalue weighted by Gasteiger charge is 2.43. The van der Waals surface area contributed by atoms with E-state index in [4.69, 9.17) is 10.5 Å². The van der Waals surface area contributed by atoms with Crippen molar-refractivity contribution in [3.63, 3.8) is 0 Å². The van der Waals surface area contributed by atoms with Crippen LogP contribution in [0.3, 0.4) is 0 Å².